The second-order valence-electron chi connectivity index (χ2n) is 1.82. The Labute approximate surface area is 135 Å². The summed E-state index contributed by atoms with van der Waals surface area (Å²) in [4.78, 5) is 10.3. The van der Waals surface area contributed by atoms with Crippen molar-refractivity contribution in [2.45, 2.75) is 0 Å². The minimum absolute atomic E-state index is 0. The Morgan fingerprint density at radius 1 is 1.25 bits per heavy atom. The van der Waals surface area contributed by atoms with Crippen LogP contribution in [0.4, 0.5) is 0 Å². The Morgan fingerprint density at radius 3 is 2.08 bits per heavy atom. The fourth-order valence-electron chi connectivity index (χ4n) is 0.654. The van der Waals surface area contributed by atoms with Crippen molar-refractivity contribution in [2.24, 2.45) is 0 Å². The Bertz CT molecular complexity index is 265. The van der Waals surface area contributed by atoms with Gasteiger partial charge in [-0.1, -0.05) is 12.1 Å². The standard InChI is InChI=1S/C7H6O3.K.Na.2H/c8-6-4-2-1-3-5(6)7(9)10;;;;/h1-4,8H,(H,9,10);;;;. The van der Waals surface area contributed by atoms with Crippen LogP contribution in [0.1, 0.15) is 10.4 Å². The van der Waals surface area contributed by atoms with Crippen LogP contribution in [0.3, 0.4) is 0 Å². The van der Waals surface area contributed by atoms with Gasteiger partial charge < -0.3 is 10.2 Å². The molecule has 3 nitrogen and oxygen atoms in total. The molecule has 0 bridgehead atoms. The van der Waals surface area contributed by atoms with E-state index in [0.717, 1.165) is 0 Å². The molecule has 0 aromatic heterocycles. The van der Waals surface area contributed by atoms with Crippen LogP contribution in [0.25, 0.3) is 0 Å². The van der Waals surface area contributed by atoms with E-state index in [1.54, 1.807) is 12.1 Å². The molecule has 1 rings (SSSR count). The first-order valence-electron chi connectivity index (χ1n) is 2.73. The van der Waals surface area contributed by atoms with Crippen LogP contribution >= 0.6 is 0 Å². The predicted molar refractivity (Wildman–Crippen MR) is 49.4 cm³/mol. The molecule has 0 saturated carbocycles. The number of carboxylic acid groups (broad SMARTS) is 1. The van der Waals surface area contributed by atoms with Crippen molar-refractivity contribution >= 4 is 86.9 Å². The van der Waals surface area contributed by atoms with Gasteiger partial charge in [0.25, 0.3) is 0 Å². The molecule has 0 aliphatic rings. The Hall–Kier alpha value is 1.13. The molecule has 2 N–H and O–H groups in total. The number of aromatic carboxylic acids is 1. The number of benzene rings is 1. The molecule has 1 aromatic carbocycles. The van der Waals surface area contributed by atoms with Crippen LogP contribution in [0.5, 0.6) is 5.75 Å². The SMILES string of the molecule is O=C(O)c1ccccc1O.[KH].[NaH]. The van der Waals surface area contributed by atoms with Crippen molar-refractivity contribution in [3.8, 4) is 5.75 Å². The van der Waals surface area contributed by atoms with Gasteiger partial charge in [0.15, 0.2) is 0 Å². The van der Waals surface area contributed by atoms with Gasteiger partial charge in [-0.2, -0.15) is 0 Å². The Morgan fingerprint density at radius 2 is 1.75 bits per heavy atom. The molecular formula is C7H8KNaO3. The molecule has 12 heavy (non-hydrogen) atoms. The summed E-state index contributed by atoms with van der Waals surface area (Å²) in [7, 11) is 0. The molecule has 0 aliphatic carbocycles. The number of carbonyl (C=O) groups is 1. The van der Waals surface area contributed by atoms with E-state index < -0.39 is 5.97 Å². The maximum atomic E-state index is 10.3. The van der Waals surface area contributed by atoms with Gasteiger partial charge in [-0.15, -0.1) is 0 Å². The van der Waals surface area contributed by atoms with E-state index in [1.807, 2.05) is 0 Å². The fraction of sp³-hybridized carbons (Fsp3) is 0. The number of aromatic hydroxyl groups is 1. The van der Waals surface area contributed by atoms with Crippen molar-refractivity contribution < 1.29 is 15.0 Å². The fourth-order valence-corrected chi connectivity index (χ4v) is 0.654. The molecule has 0 unspecified atom stereocenters. The molecule has 0 amide bonds. The van der Waals surface area contributed by atoms with E-state index in [0.29, 0.717) is 0 Å². The zero-order valence-electron chi connectivity index (χ0n) is 5.11. The van der Waals surface area contributed by atoms with Crippen LogP contribution in [0, 0.1) is 0 Å². The van der Waals surface area contributed by atoms with Gasteiger partial charge in [0.1, 0.15) is 11.3 Å². The summed E-state index contributed by atoms with van der Waals surface area (Å²) < 4.78 is 0. The summed E-state index contributed by atoms with van der Waals surface area (Å²) in [5.41, 5.74) is -0.0671. The van der Waals surface area contributed by atoms with Gasteiger partial charge in [0, 0.05) is 0 Å². The van der Waals surface area contributed by atoms with Gasteiger partial charge in [-0.25, -0.2) is 4.79 Å². The molecule has 5 heteroatoms. The number of phenols is 1. The summed E-state index contributed by atoms with van der Waals surface area (Å²) >= 11 is 0. The Kier molecular flexibility index (Phi) is 9.77. The molecule has 1 aromatic rings. The number of rotatable bonds is 1. The van der Waals surface area contributed by atoms with E-state index >= 15 is 0 Å². The molecule has 0 spiro atoms. The molecule has 0 fully saturated rings. The first kappa shape index (κ1) is 15.6. The van der Waals surface area contributed by atoms with Gasteiger partial charge in [0.05, 0.1) is 0 Å². The number of carboxylic acids is 1. The number of para-hydroxylation sites is 1. The Balaban J connectivity index is 0. The van der Waals surface area contributed by atoms with Crippen molar-refractivity contribution in [1.29, 1.82) is 0 Å². The van der Waals surface area contributed by atoms with Crippen molar-refractivity contribution in [3.05, 3.63) is 29.8 Å². The molecule has 0 heterocycles. The quantitative estimate of drug-likeness (QED) is 0.620. The van der Waals surface area contributed by atoms with Crippen LogP contribution in [0.15, 0.2) is 24.3 Å². The maximum absolute atomic E-state index is 10.3. The van der Waals surface area contributed by atoms with Crippen LogP contribution in [-0.2, 0) is 0 Å². The molecule has 0 aliphatic heterocycles. The van der Waals surface area contributed by atoms with E-state index in [1.165, 1.54) is 12.1 Å². The number of hydrogen-bond donors (Lipinski definition) is 2. The third kappa shape index (κ3) is 4.39. The third-order valence-corrected chi connectivity index (χ3v) is 1.13. The van der Waals surface area contributed by atoms with Crippen molar-refractivity contribution in [2.75, 3.05) is 0 Å². The van der Waals surface area contributed by atoms with E-state index in [9.17, 15) is 4.79 Å². The average molecular weight is 202 g/mol. The second kappa shape index (κ2) is 7.52. The normalized spacial score (nSPS) is 7.67. The van der Waals surface area contributed by atoms with E-state index in [4.69, 9.17) is 10.2 Å². The topological polar surface area (TPSA) is 57.5 Å². The predicted octanol–water partition coefficient (Wildman–Crippen LogP) is -0.207. The van der Waals surface area contributed by atoms with Crippen LogP contribution in [-0.4, -0.2) is 97.1 Å². The number of hydrogen-bond acceptors (Lipinski definition) is 2. The second-order valence-corrected chi connectivity index (χ2v) is 1.82. The van der Waals surface area contributed by atoms with Crippen LogP contribution in [0.2, 0.25) is 0 Å². The van der Waals surface area contributed by atoms with Gasteiger partial charge in [-0.3, -0.25) is 0 Å². The summed E-state index contributed by atoms with van der Waals surface area (Å²) in [6, 6.07) is 5.81. The summed E-state index contributed by atoms with van der Waals surface area (Å²) in [6.07, 6.45) is 0. The average Bonchev–Trinajstić information content (AvgIpc) is 1.88. The first-order valence-corrected chi connectivity index (χ1v) is 2.73. The van der Waals surface area contributed by atoms with Crippen molar-refractivity contribution in [3.63, 3.8) is 0 Å². The zero-order valence-corrected chi connectivity index (χ0v) is 5.11. The first-order chi connectivity index (χ1) is 4.72. The van der Waals surface area contributed by atoms with Crippen LogP contribution < -0.4 is 0 Å². The molecular weight excluding hydrogens is 194 g/mol. The molecule has 0 atom stereocenters. The zero-order chi connectivity index (χ0) is 7.56. The third-order valence-electron chi connectivity index (χ3n) is 1.13. The van der Waals surface area contributed by atoms with E-state index in [2.05, 4.69) is 0 Å². The molecule has 0 saturated heterocycles. The van der Waals surface area contributed by atoms with Gasteiger partial charge >= 0.3 is 86.9 Å². The summed E-state index contributed by atoms with van der Waals surface area (Å²) in [5.74, 6) is -1.31. The molecule has 56 valence electrons. The van der Waals surface area contributed by atoms with Crippen molar-refractivity contribution in [1.82, 2.24) is 0 Å². The summed E-state index contributed by atoms with van der Waals surface area (Å²) in [6.45, 7) is 0. The van der Waals surface area contributed by atoms with Gasteiger partial charge in [0.2, 0.25) is 0 Å². The molecule has 0 radical (unpaired) electrons. The van der Waals surface area contributed by atoms with E-state index in [-0.39, 0.29) is 92.3 Å². The summed E-state index contributed by atoms with van der Waals surface area (Å²) in [5, 5.41) is 17.3. The minimum atomic E-state index is -1.11. The van der Waals surface area contributed by atoms with Gasteiger partial charge in [-0.05, 0) is 12.1 Å². The monoisotopic (exact) mass is 202 g/mol.